The molecule has 0 atom stereocenters. The van der Waals surface area contributed by atoms with Gasteiger partial charge in [-0.1, -0.05) is 30.3 Å². The summed E-state index contributed by atoms with van der Waals surface area (Å²) in [6, 6.07) is 15.8. The zero-order valence-corrected chi connectivity index (χ0v) is 17.9. The average Bonchev–Trinajstić information content (AvgIpc) is 3.14. The first-order valence-electron chi connectivity index (χ1n) is 10.6. The molecule has 2 aromatic carbocycles. The number of amides is 1. The fraction of sp³-hybridized carbons (Fsp3) is 0.360. The minimum absolute atomic E-state index is 0.123. The highest BCUT2D eigenvalue weighted by atomic mass is 16.5. The lowest BCUT2D eigenvalue weighted by Gasteiger charge is -2.32. The van der Waals surface area contributed by atoms with Crippen LogP contribution in [0.4, 0.5) is 0 Å². The summed E-state index contributed by atoms with van der Waals surface area (Å²) < 4.78 is 16.2. The van der Waals surface area contributed by atoms with Crippen molar-refractivity contribution < 1.29 is 23.5 Å². The van der Waals surface area contributed by atoms with Crippen LogP contribution in [0.2, 0.25) is 0 Å². The van der Waals surface area contributed by atoms with Gasteiger partial charge in [0.1, 0.15) is 11.3 Å². The summed E-state index contributed by atoms with van der Waals surface area (Å²) in [7, 11) is 1.59. The number of rotatable bonds is 6. The zero-order chi connectivity index (χ0) is 21.8. The number of carbonyl (C=O) groups is 2. The Balaban J connectivity index is 1.29. The molecule has 1 aliphatic heterocycles. The molecule has 0 saturated carbocycles. The number of hydrogen-bond acceptors (Lipinski definition) is 5. The van der Waals surface area contributed by atoms with Crippen LogP contribution in [0.15, 0.2) is 52.9 Å². The molecular weight excluding hydrogens is 394 g/mol. The van der Waals surface area contributed by atoms with Gasteiger partial charge in [0.05, 0.1) is 7.11 Å². The summed E-state index contributed by atoms with van der Waals surface area (Å²) in [5.41, 5.74) is 2.59. The predicted molar refractivity (Wildman–Crippen MR) is 117 cm³/mol. The number of fused-ring (bicyclic) bond motifs is 1. The Morgan fingerprint density at radius 1 is 1.10 bits per heavy atom. The third-order valence-corrected chi connectivity index (χ3v) is 5.99. The number of esters is 1. The van der Waals surface area contributed by atoms with Crippen LogP contribution in [-0.4, -0.2) is 43.6 Å². The van der Waals surface area contributed by atoms with Crippen molar-refractivity contribution >= 4 is 22.8 Å². The zero-order valence-electron chi connectivity index (χ0n) is 17.9. The van der Waals surface area contributed by atoms with E-state index in [9.17, 15) is 9.59 Å². The minimum atomic E-state index is -0.625. The molecule has 0 bridgehead atoms. The van der Waals surface area contributed by atoms with E-state index >= 15 is 0 Å². The largest absolute Gasteiger partial charge is 0.497 e. The van der Waals surface area contributed by atoms with E-state index in [-0.39, 0.29) is 18.3 Å². The van der Waals surface area contributed by atoms with Gasteiger partial charge in [-0.2, -0.15) is 0 Å². The van der Waals surface area contributed by atoms with Gasteiger partial charge in [-0.15, -0.1) is 0 Å². The molecule has 1 aromatic heterocycles. The molecule has 3 aromatic rings. The number of aryl methyl sites for hydroxylation is 1. The maximum atomic E-state index is 12.5. The number of likely N-dealkylation sites (tertiary alicyclic amines) is 1. The Kier molecular flexibility index (Phi) is 6.26. The fourth-order valence-corrected chi connectivity index (χ4v) is 4.14. The van der Waals surface area contributed by atoms with Gasteiger partial charge in [0.15, 0.2) is 6.61 Å². The quantitative estimate of drug-likeness (QED) is 0.552. The molecule has 0 radical (unpaired) electrons. The van der Waals surface area contributed by atoms with E-state index in [0.29, 0.717) is 35.9 Å². The highest BCUT2D eigenvalue weighted by Gasteiger charge is 2.25. The SMILES string of the molecule is COc1ccc2oc(C(=O)OCC(=O)N3CCC(Cc4ccccc4)CC3)c(C)c2c1. The molecular formula is C25H27NO5. The van der Waals surface area contributed by atoms with Gasteiger partial charge in [-0.05, 0) is 55.9 Å². The number of methoxy groups -OCH3 is 1. The number of ether oxygens (including phenoxy) is 2. The summed E-state index contributed by atoms with van der Waals surface area (Å²) in [6.07, 6.45) is 2.95. The molecule has 1 aliphatic rings. The standard InChI is InChI=1S/C25H27NO5/c1-17-21-15-20(29-2)8-9-22(21)31-24(17)25(28)30-16-23(27)26-12-10-19(11-13-26)14-18-6-4-3-5-7-18/h3-9,15,19H,10-14,16H2,1-2H3. The fourth-order valence-electron chi connectivity index (χ4n) is 4.14. The first-order valence-corrected chi connectivity index (χ1v) is 10.6. The molecule has 31 heavy (non-hydrogen) atoms. The Labute approximate surface area is 181 Å². The van der Waals surface area contributed by atoms with Crippen LogP contribution in [0.3, 0.4) is 0 Å². The molecule has 6 heteroatoms. The molecule has 0 N–H and O–H groups in total. The molecule has 0 spiro atoms. The van der Waals surface area contributed by atoms with E-state index in [4.69, 9.17) is 13.9 Å². The van der Waals surface area contributed by atoms with Crippen LogP contribution in [0.1, 0.15) is 34.5 Å². The molecule has 4 rings (SSSR count). The molecule has 162 valence electrons. The summed E-state index contributed by atoms with van der Waals surface area (Å²) in [6.45, 7) is 2.90. The van der Waals surface area contributed by atoms with Crippen molar-refractivity contribution in [3.63, 3.8) is 0 Å². The van der Waals surface area contributed by atoms with Gasteiger partial charge in [0.25, 0.3) is 5.91 Å². The number of furan rings is 1. The normalized spacial score (nSPS) is 14.6. The van der Waals surface area contributed by atoms with E-state index in [0.717, 1.165) is 24.6 Å². The first-order chi connectivity index (χ1) is 15.0. The van der Waals surface area contributed by atoms with Crippen LogP contribution >= 0.6 is 0 Å². The lowest BCUT2D eigenvalue weighted by Crippen LogP contribution is -2.41. The van der Waals surface area contributed by atoms with E-state index in [1.54, 1.807) is 31.1 Å². The minimum Gasteiger partial charge on any atom is -0.497 e. The van der Waals surface area contributed by atoms with E-state index < -0.39 is 5.97 Å². The van der Waals surface area contributed by atoms with Crippen LogP contribution in [-0.2, 0) is 16.0 Å². The summed E-state index contributed by atoms with van der Waals surface area (Å²) in [4.78, 5) is 26.8. The van der Waals surface area contributed by atoms with Gasteiger partial charge in [0, 0.05) is 24.0 Å². The lowest BCUT2D eigenvalue weighted by molar-refractivity contribution is -0.135. The highest BCUT2D eigenvalue weighted by molar-refractivity contribution is 5.97. The van der Waals surface area contributed by atoms with Crippen molar-refractivity contribution in [2.24, 2.45) is 5.92 Å². The van der Waals surface area contributed by atoms with Crippen molar-refractivity contribution in [1.29, 1.82) is 0 Å². The van der Waals surface area contributed by atoms with Crippen molar-refractivity contribution in [1.82, 2.24) is 4.90 Å². The van der Waals surface area contributed by atoms with Gasteiger partial charge in [0.2, 0.25) is 5.76 Å². The maximum absolute atomic E-state index is 12.5. The maximum Gasteiger partial charge on any atom is 0.375 e. The molecule has 6 nitrogen and oxygen atoms in total. The second kappa shape index (κ2) is 9.25. The molecule has 1 amide bonds. The number of nitrogens with zero attached hydrogens (tertiary/aromatic N) is 1. The Morgan fingerprint density at radius 3 is 2.55 bits per heavy atom. The molecule has 0 aliphatic carbocycles. The van der Waals surface area contributed by atoms with Gasteiger partial charge in [-0.3, -0.25) is 4.79 Å². The van der Waals surface area contributed by atoms with Crippen LogP contribution in [0.5, 0.6) is 5.75 Å². The van der Waals surface area contributed by atoms with Crippen molar-refractivity contribution in [2.75, 3.05) is 26.8 Å². The second-order valence-corrected chi connectivity index (χ2v) is 8.01. The summed E-state index contributed by atoms with van der Waals surface area (Å²) in [5.74, 6) is 0.589. The Bertz CT molecular complexity index is 1060. The number of piperidine rings is 1. The van der Waals surface area contributed by atoms with Crippen molar-refractivity contribution in [3.05, 3.63) is 65.4 Å². The smallest absolute Gasteiger partial charge is 0.375 e. The Morgan fingerprint density at radius 2 is 1.84 bits per heavy atom. The Hall–Kier alpha value is -3.28. The lowest BCUT2D eigenvalue weighted by atomic mass is 9.90. The highest BCUT2D eigenvalue weighted by Crippen LogP contribution is 2.29. The van der Waals surface area contributed by atoms with Gasteiger partial charge in [-0.25, -0.2) is 4.79 Å². The average molecular weight is 421 g/mol. The summed E-state index contributed by atoms with van der Waals surface area (Å²) >= 11 is 0. The van der Waals surface area contributed by atoms with Crippen molar-refractivity contribution in [2.45, 2.75) is 26.2 Å². The topological polar surface area (TPSA) is 69.0 Å². The molecule has 0 unspecified atom stereocenters. The van der Waals surface area contributed by atoms with Crippen LogP contribution < -0.4 is 4.74 Å². The van der Waals surface area contributed by atoms with Gasteiger partial charge >= 0.3 is 5.97 Å². The monoisotopic (exact) mass is 421 g/mol. The third-order valence-electron chi connectivity index (χ3n) is 5.99. The third kappa shape index (κ3) is 4.74. The number of carbonyl (C=O) groups excluding carboxylic acids is 2. The molecule has 2 heterocycles. The van der Waals surface area contributed by atoms with E-state index in [2.05, 4.69) is 24.3 Å². The number of hydrogen-bond donors (Lipinski definition) is 0. The molecule has 1 fully saturated rings. The van der Waals surface area contributed by atoms with E-state index in [1.165, 1.54) is 5.56 Å². The number of benzene rings is 2. The van der Waals surface area contributed by atoms with Crippen LogP contribution in [0, 0.1) is 12.8 Å². The molecule has 1 saturated heterocycles. The summed E-state index contributed by atoms with van der Waals surface area (Å²) in [5, 5.41) is 0.790. The second-order valence-electron chi connectivity index (χ2n) is 8.01. The van der Waals surface area contributed by atoms with Gasteiger partial charge < -0.3 is 18.8 Å². The van der Waals surface area contributed by atoms with E-state index in [1.807, 2.05) is 12.1 Å². The first kappa shape index (κ1) is 21.0. The van der Waals surface area contributed by atoms with Crippen LogP contribution in [0.25, 0.3) is 11.0 Å². The van der Waals surface area contributed by atoms with Crippen molar-refractivity contribution in [3.8, 4) is 5.75 Å². The predicted octanol–water partition coefficient (Wildman–Crippen LogP) is 4.39.